The van der Waals surface area contributed by atoms with E-state index in [2.05, 4.69) is 45.5 Å². The number of rotatable bonds is 6. The van der Waals surface area contributed by atoms with Crippen molar-refractivity contribution in [2.24, 2.45) is 0 Å². The lowest BCUT2D eigenvalue weighted by molar-refractivity contribution is -0.384. The first-order chi connectivity index (χ1) is 17.4. The van der Waals surface area contributed by atoms with Gasteiger partial charge in [-0.2, -0.15) is 0 Å². The van der Waals surface area contributed by atoms with Crippen molar-refractivity contribution in [1.29, 1.82) is 0 Å². The minimum Gasteiger partial charge on any atom is -0.368 e. The van der Waals surface area contributed by atoms with E-state index in [4.69, 9.17) is 0 Å². The summed E-state index contributed by atoms with van der Waals surface area (Å²) in [5.41, 5.74) is 6.35. The van der Waals surface area contributed by atoms with E-state index in [1.54, 1.807) is 12.1 Å². The van der Waals surface area contributed by atoms with Gasteiger partial charge in [-0.1, -0.05) is 24.3 Å². The number of non-ortho nitro benzene ring substituents is 1. The van der Waals surface area contributed by atoms with Crippen molar-refractivity contribution in [3.8, 4) is 0 Å². The topological polar surface area (TPSA) is 84.0 Å². The second kappa shape index (κ2) is 9.81. The van der Waals surface area contributed by atoms with Gasteiger partial charge < -0.3 is 14.2 Å². The molecule has 36 heavy (non-hydrogen) atoms. The maximum Gasteiger partial charge on any atom is 0.269 e. The maximum atomic E-state index is 13.5. The zero-order chi connectivity index (χ0) is 25.2. The number of benzene rings is 2. The highest BCUT2D eigenvalue weighted by Gasteiger charge is 2.28. The van der Waals surface area contributed by atoms with Gasteiger partial charge in [0.15, 0.2) is 0 Å². The lowest BCUT2D eigenvalue weighted by Gasteiger charge is -2.36. The molecule has 3 heterocycles. The van der Waals surface area contributed by atoms with E-state index in [9.17, 15) is 14.9 Å². The Hall–Kier alpha value is -4.20. The number of nitro groups is 1. The van der Waals surface area contributed by atoms with Gasteiger partial charge in [-0.05, 0) is 54.8 Å². The Kier molecular flexibility index (Phi) is 6.41. The van der Waals surface area contributed by atoms with Crippen LogP contribution in [0.15, 0.2) is 73.1 Å². The molecular weight excluding hydrogens is 454 g/mol. The molecule has 1 aliphatic rings. The minimum absolute atomic E-state index is 0.0809. The number of nitro benzene ring substituents is 1. The molecule has 0 radical (unpaired) electrons. The van der Waals surface area contributed by atoms with Crippen molar-refractivity contribution in [2.45, 2.75) is 26.2 Å². The van der Waals surface area contributed by atoms with Crippen LogP contribution >= 0.6 is 0 Å². The zero-order valence-corrected chi connectivity index (χ0v) is 20.5. The number of aromatic nitrogens is 2. The van der Waals surface area contributed by atoms with Crippen LogP contribution in [0.5, 0.6) is 0 Å². The molecule has 1 amide bonds. The molecule has 8 heteroatoms. The Morgan fingerprint density at radius 1 is 1.03 bits per heavy atom. The quantitative estimate of drug-likeness (QED) is 0.292. The number of hydrogen-bond donors (Lipinski definition) is 0. The van der Waals surface area contributed by atoms with Gasteiger partial charge in [0.2, 0.25) is 5.91 Å². The largest absolute Gasteiger partial charge is 0.368 e. The molecule has 0 N–H and O–H groups in total. The normalized spacial score (nSPS) is 14.7. The van der Waals surface area contributed by atoms with E-state index in [1.807, 2.05) is 36.4 Å². The van der Waals surface area contributed by atoms with Crippen LogP contribution in [0.4, 0.5) is 11.4 Å². The average Bonchev–Trinajstić information content (AvgIpc) is 3.30. The van der Waals surface area contributed by atoms with Crippen LogP contribution in [-0.4, -0.2) is 51.3 Å². The van der Waals surface area contributed by atoms with Gasteiger partial charge >= 0.3 is 0 Å². The number of fused-ring (bicyclic) bond motifs is 1. The van der Waals surface area contributed by atoms with Gasteiger partial charge in [0, 0.05) is 68.7 Å². The van der Waals surface area contributed by atoms with E-state index < -0.39 is 4.92 Å². The van der Waals surface area contributed by atoms with Crippen LogP contribution in [0.3, 0.4) is 0 Å². The lowest BCUT2D eigenvalue weighted by atomic mass is 9.89. The molecule has 0 spiro atoms. The fraction of sp³-hybridized carbons (Fsp3) is 0.286. The van der Waals surface area contributed by atoms with E-state index in [-0.39, 0.29) is 17.5 Å². The molecule has 1 unspecified atom stereocenters. The zero-order valence-electron chi connectivity index (χ0n) is 20.5. The van der Waals surface area contributed by atoms with Gasteiger partial charge in [-0.3, -0.25) is 14.9 Å². The third-order valence-electron chi connectivity index (χ3n) is 7.06. The van der Waals surface area contributed by atoms with E-state index in [1.165, 1.54) is 12.1 Å². The van der Waals surface area contributed by atoms with Gasteiger partial charge in [0.25, 0.3) is 5.69 Å². The molecule has 1 fully saturated rings. The number of carbonyl (C=O) groups excluding carboxylic acids is 1. The second-order valence-electron chi connectivity index (χ2n) is 9.37. The highest BCUT2D eigenvalue weighted by atomic mass is 16.6. The first-order valence-electron chi connectivity index (χ1n) is 12.2. The fourth-order valence-corrected chi connectivity index (χ4v) is 5.01. The Labute approximate surface area is 209 Å². The summed E-state index contributed by atoms with van der Waals surface area (Å²) in [7, 11) is 0. The van der Waals surface area contributed by atoms with Crippen LogP contribution in [0.1, 0.15) is 34.7 Å². The first kappa shape index (κ1) is 23.5. The number of aryl methyl sites for hydroxylation is 2. The highest BCUT2D eigenvalue weighted by Crippen LogP contribution is 2.32. The van der Waals surface area contributed by atoms with Gasteiger partial charge in [0.05, 0.1) is 10.6 Å². The van der Waals surface area contributed by atoms with Gasteiger partial charge in [-0.15, -0.1) is 0 Å². The monoisotopic (exact) mass is 483 g/mol. The van der Waals surface area contributed by atoms with Crippen molar-refractivity contribution in [3.05, 3.63) is 106 Å². The summed E-state index contributed by atoms with van der Waals surface area (Å²) >= 11 is 0. The number of nitrogens with zero attached hydrogens (tertiary/aromatic N) is 5. The van der Waals surface area contributed by atoms with Crippen LogP contribution in [0.25, 0.3) is 5.65 Å². The average molecular weight is 484 g/mol. The third kappa shape index (κ3) is 4.66. The number of piperazine rings is 1. The second-order valence-corrected chi connectivity index (χ2v) is 9.37. The highest BCUT2D eigenvalue weighted by molar-refractivity contribution is 5.78. The minimum atomic E-state index is -0.393. The summed E-state index contributed by atoms with van der Waals surface area (Å²) in [4.78, 5) is 32.8. The third-order valence-corrected chi connectivity index (χ3v) is 7.06. The molecule has 2 aromatic carbocycles. The lowest BCUT2D eigenvalue weighted by Crippen LogP contribution is -2.49. The molecular formula is C28H29N5O3. The van der Waals surface area contributed by atoms with E-state index >= 15 is 0 Å². The van der Waals surface area contributed by atoms with Crippen molar-refractivity contribution in [2.75, 3.05) is 31.1 Å². The smallest absolute Gasteiger partial charge is 0.269 e. The summed E-state index contributed by atoms with van der Waals surface area (Å²) in [5.74, 6) is 0.0118. The van der Waals surface area contributed by atoms with Gasteiger partial charge in [0.1, 0.15) is 5.65 Å². The number of anilines is 1. The molecule has 1 atom stereocenters. The molecule has 1 saturated heterocycles. The molecule has 184 valence electrons. The predicted molar refractivity (Wildman–Crippen MR) is 139 cm³/mol. The molecule has 0 aliphatic carbocycles. The summed E-state index contributed by atoms with van der Waals surface area (Å²) in [6.07, 6.45) is 4.29. The van der Waals surface area contributed by atoms with Crippen molar-refractivity contribution >= 4 is 22.9 Å². The van der Waals surface area contributed by atoms with E-state index in [0.717, 1.165) is 33.7 Å². The summed E-state index contributed by atoms with van der Waals surface area (Å²) in [6.45, 7) is 6.74. The van der Waals surface area contributed by atoms with Crippen LogP contribution in [0.2, 0.25) is 0 Å². The Bertz CT molecular complexity index is 1400. The van der Waals surface area contributed by atoms with E-state index in [0.29, 0.717) is 32.6 Å². The Morgan fingerprint density at radius 2 is 1.75 bits per heavy atom. The number of imidazole rings is 1. The van der Waals surface area contributed by atoms with Crippen LogP contribution in [-0.2, 0) is 4.79 Å². The van der Waals surface area contributed by atoms with Crippen molar-refractivity contribution < 1.29 is 9.72 Å². The van der Waals surface area contributed by atoms with Crippen molar-refractivity contribution in [1.82, 2.24) is 14.3 Å². The number of pyridine rings is 1. The summed E-state index contributed by atoms with van der Waals surface area (Å²) < 4.78 is 2.09. The van der Waals surface area contributed by atoms with Crippen LogP contribution in [0, 0.1) is 24.0 Å². The Balaban J connectivity index is 1.34. The summed E-state index contributed by atoms with van der Waals surface area (Å²) in [5, 5.41) is 10.9. The van der Waals surface area contributed by atoms with Crippen LogP contribution < -0.4 is 4.90 Å². The molecule has 4 aromatic rings. The fourth-order valence-electron chi connectivity index (χ4n) is 5.01. The number of amides is 1. The number of carbonyl (C=O) groups is 1. The summed E-state index contributed by atoms with van der Waals surface area (Å²) in [6, 6.07) is 18.9. The van der Waals surface area contributed by atoms with Crippen molar-refractivity contribution in [3.63, 3.8) is 0 Å². The first-order valence-corrected chi connectivity index (χ1v) is 12.2. The molecule has 0 saturated carbocycles. The Morgan fingerprint density at radius 3 is 2.44 bits per heavy atom. The molecule has 1 aliphatic heterocycles. The SMILES string of the molecule is Cc1ccn2c(C(CC(=O)N3CCN(c4ccc([N+](=O)[O-])cc4)CC3)c3ccccc3C)cnc2c1. The molecule has 8 nitrogen and oxygen atoms in total. The molecule has 2 aromatic heterocycles. The number of hydrogen-bond acceptors (Lipinski definition) is 5. The van der Waals surface area contributed by atoms with Gasteiger partial charge in [-0.25, -0.2) is 4.98 Å². The molecule has 5 rings (SSSR count). The molecule has 0 bridgehead atoms. The maximum absolute atomic E-state index is 13.5. The standard InChI is InChI=1S/C28H29N5O3/c1-20-11-12-32-26(19-29-27(32)17-20)25(24-6-4-3-5-21(24)2)18-28(34)31-15-13-30(14-16-31)22-7-9-23(10-8-22)33(35)36/h3-12,17,19,25H,13-16,18H2,1-2H3. The predicted octanol–water partition coefficient (Wildman–Crippen LogP) is 4.73.